The molecule has 1 saturated heterocycles. The molecular formula is C23H37N3O2. The number of benzene rings is 1. The molecule has 2 rings (SSSR count). The standard InChI is InChI=1S/C23H37N3O2/c1-5-13-26(23(27)28-18-21-8-6-19(2)7-9-21)22-11-15-25(16-12-22)14-10-20(3)17-24-4/h5-9,20,22,24H,1,10-18H2,2-4H3. The fourth-order valence-electron chi connectivity index (χ4n) is 3.73. The molecule has 1 aliphatic rings. The smallest absolute Gasteiger partial charge is 0.410 e. The summed E-state index contributed by atoms with van der Waals surface area (Å²) in [6.45, 7) is 13.3. The van der Waals surface area contributed by atoms with Crippen molar-refractivity contribution >= 4 is 6.09 Å². The lowest BCUT2D eigenvalue weighted by Crippen LogP contribution is -2.48. The van der Waals surface area contributed by atoms with Crippen LogP contribution in [0.3, 0.4) is 0 Å². The van der Waals surface area contributed by atoms with E-state index in [1.807, 2.05) is 36.2 Å². The van der Waals surface area contributed by atoms with Crippen LogP contribution in [0.15, 0.2) is 36.9 Å². The highest BCUT2D eigenvalue weighted by Gasteiger charge is 2.28. The van der Waals surface area contributed by atoms with E-state index in [2.05, 4.69) is 30.6 Å². The Bertz CT molecular complexity index is 594. The summed E-state index contributed by atoms with van der Waals surface area (Å²) in [5.74, 6) is 0.691. The largest absolute Gasteiger partial charge is 0.445 e. The lowest BCUT2D eigenvalue weighted by molar-refractivity contribution is 0.0652. The minimum Gasteiger partial charge on any atom is -0.445 e. The summed E-state index contributed by atoms with van der Waals surface area (Å²) in [5, 5.41) is 3.24. The molecule has 28 heavy (non-hydrogen) atoms. The van der Waals surface area contributed by atoms with E-state index in [9.17, 15) is 4.79 Å². The van der Waals surface area contributed by atoms with Crippen LogP contribution in [0.4, 0.5) is 4.79 Å². The van der Waals surface area contributed by atoms with Crippen LogP contribution in [0, 0.1) is 12.8 Å². The van der Waals surface area contributed by atoms with E-state index in [1.54, 1.807) is 6.08 Å². The maximum atomic E-state index is 12.7. The summed E-state index contributed by atoms with van der Waals surface area (Å²) < 4.78 is 5.59. The fraction of sp³-hybridized carbons (Fsp3) is 0.609. The summed E-state index contributed by atoms with van der Waals surface area (Å²) in [6.07, 6.45) is 4.75. The number of nitrogens with one attached hydrogen (secondary N) is 1. The van der Waals surface area contributed by atoms with E-state index in [0.29, 0.717) is 19.1 Å². The molecule has 1 atom stereocenters. The predicted octanol–water partition coefficient (Wildman–Crippen LogP) is 3.83. The number of amides is 1. The molecule has 5 nitrogen and oxygen atoms in total. The number of rotatable bonds is 10. The monoisotopic (exact) mass is 387 g/mol. The second kappa shape index (κ2) is 11.9. The van der Waals surface area contributed by atoms with Gasteiger partial charge >= 0.3 is 6.09 Å². The molecule has 0 bridgehead atoms. The molecular weight excluding hydrogens is 350 g/mol. The molecule has 5 heteroatoms. The van der Waals surface area contributed by atoms with Gasteiger partial charge in [0.1, 0.15) is 6.61 Å². The molecule has 0 aromatic heterocycles. The van der Waals surface area contributed by atoms with Crippen LogP contribution < -0.4 is 5.32 Å². The second-order valence-corrected chi connectivity index (χ2v) is 8.01. The summed E-state index contributed by atoms with van der Waals surface area (Å²) in [5.41, 5.74) is 2.22. The van der Waals surface area contributed by atoms with Crippen molar-refractivity contribution in [3.8, 4) is 0 Å². The summed E-state index contributed by atoms with van der Waals surface area (Å²) in [7, 11) is 2.01. The Balaban J connectivity index is 1.80. The molecule has 1 aromatic rings. The molecule has 1 aliphatic heterocycles. The van der Waals surface area contributed by atoms with Gasteiger partial charge < -0.3 is 19.9 Å². The zero-order valence-corrected chi connectivity index (χ0v) is 17.8. The minimum atomic E-state index is -0.235. The van der Waals surface area contributed by atoms with Crippen LogP contribution in [-0.4, -0.2) is 61.7 Å². The Hall–Kier alpha value is -1.85. The van der Waals surface area contributed by atoms with Crippen LogP contribution in [-0.2, 0) is 11.3 Å². The number of carbonyl (C=O) groups excluding carboxylic acids is 1. The van der Waals surface area contributed by atoms with Crippen molar-refractivity contribution < 1.29 is 9.53 Å². The highest BCUT2D eigenvalue weighted by atomic mass is 16.6. The lowest BCUT2D eigenvalue weighted by Gasteiger charge is -2.37. The fourth-order valence-corrected chi connectivity index (χ4v) is 3.73. The van der Waals surface area contributed by atoms with Crippen molar-refractivity contribution in [2.45, 2.75) is 45.8 Å². The van der Waals surface area contributed by atoms with Gasteiger partial charge in [0.05, 0.1) is 0 Å². The van der Waals surface area contributed by atoms with Gasteiger partial charge in [0.15, 0.2) is 0 Å². The van der Waals surface area contributed by atoms with Crippen molar-refractivity contribution in [2.75, 3.05) is 39.8 Å². The molecule has 0 aliphatic carbocycles. The first-order chi connectivity index (χ1) is 13.5. The third kappa shape index (κ3) is 7.28. The number of aryl methyl sites for hydroxylation is 1. The maximum Gasteiger partial charge on any atom is 0.410 e. The first kappa shape index (κ1) is 22.4. The van der Waals surface area contributed by atoms with E-state index in [4.69, 9.17) is 4.74 Å². The highest BCUT2D eigenvalue weighted by Crippen LogP contribution is 2.19. The van der Waals surface area contributed by atoms with Crippen LogP contribution in [0.2, 0.25) is 0 Å². The normalized spacial score (nSPS) is 16.5. The number of hydrogen-bond acceptors (Lipinski definition) is 4. The van der Waals surface area contributed by atoms with E-state index >= 15 is 0 Å². The molecule has 1 fully saturated rings. The number of carbonyl (C=O) groups is 1. The van der Waals surface area contributed by atoms with Gasteiger partial charge in [-0.1, -0.05) is 42.8 Å². The Morgan fingerprint density at radius 2 is 2.04 bits per heavy atom. The number of likely N-dealkylation sites (tertiary alicyclic amines) is 1. The molecule has 1 amide bonds. The van der Waals surface area contributed by atoms with Gasteiger partial charge in [0, 0.05) is 25.7 Å². The van der Waals surface area contributed by atoms with Crippen molar-refractivity contribution in [3.63, 3.8) is 0 Å². The highest BCUT2D eigenvalue weighted by molar-refractivity contribution is 5.68. The Morgan fingerprint density at radius 1 is 1.36 bits per heavy atom. The maximum absolute atomic E-state index is 12.7. The SMILES string of the molecule is C=CCN(C(=O)OCc1ccc(C)cc1)C1CCN(CCC(C)CNC)CC1. The number of nitrogens with zero attached hydrogens (tertiary/aromatic N) is 2. The zero-order valence-electron chi connectivity index (χ0n) is 17.8. The minimum absolute atomic E-state index is 0.231. The molecule has 1 heterocycles. The van der Waals surface area contributed by atoms with Gasteiger partial charge in [0.25, 0.3) is 0 Å². The topological polar surface area (TPSA) is 44.8 Å². The van der Waals surface area contributed by atoms with Gasteiger partial charge in [-0.05, 0) is 57.8 Å². The Morgan fingerprint density at radius 3 is 2.64 bits per heavy atom. The third-order valence-electron chi connectivity index (χ3n) is 5.53. The van der Waals surface area contributed by atoms with Crippen molar-refractivity contribution in [3.05, 3.63) is 48.0 Å². The van der Waals surface area contributed by atoms with Gasteiger partial charge in [0.2, 0.25) is 0 Å². The van der Waals surface area contributed by atoms with E-state index in [0.717, 1.165) is 44.6 Å². The Kier molecular flexibility index (Phi) is 9.51. The molecule has 0 saturated carbocycles. The molecule has 1 aromatic carbocycles. The third-order valence-corrected chi connectivity index (χ3v) is 5.53. The molecule has 0 spiro atoms. The molecule has 0 radical (unpaired) electrons. The van der Waals surface area contributed by atoms with Crippen molar-refractivity contribution in [1.82, 2.24) is 15.1 Å². The zero-order chi connectivity index (χ0) is 20.4. The van der Waals surface area contributed by atoms with Gasteiger partial charge in [-0.2, -0.15) is 0 Å². The summed E-state index contributed by atoms with van der Waals surface area (Å²) >= 11 is 0. The van der Waals surface area contributed by atoms with E-state index < -0.39 is 0 Å². The van der Waals surface area contributed by atoms with Crippen molar-refractivity contribution in [2.24, 2.45) is 5.92 Å². The average molecular weight is 388 g/mol. The van der Waals surface area contributed by atoms with Crippen molar-refractivity contribution in [1.29, 1.82) is 0 Å². The number of ether oxygens (including phenoxy) is 1. The van der Waals surface area contributed by atoms with E-state index in [-0.39, 0.29) is 12.1 Å². The predicted molar refractivity (Wildman–Crippen MR) is 115 cm³/mol. The molecule has 156 valence electrons. The average Bonchev–Trinajstić information content (AvgIpc) is 2.70. The Labute approximate surface area is 170 Å². The van der Waals surface area contributed by atoms with Crippen LogP contribution >= 0.6 is 0 Å². The van der Waals surface area contributed by atoms with Crippen LogP contribution in [0.1, 0.15) is 37.3 Å². The first-order valence-electron chi connectivity index (χ1n) is 10.5. The molecule has 1 unspecified atom stereocenters. The number of hydrogen-bond donors (Lipinski definition) is 1. The second-order valence-electron chi connectivity index (χ2n) is 8.01. The summed E-state index contributed by atoms with van der Waals surface area (Å²) in [4.78, 5) is 17.0. The van der Waals surface area contributed by atoms with Crippen LogP contribution in [0.5, 0.6) is 0 Å². The number of piperidine rings is 1. The first-order valence-corrected chi connectivity index (χ1v) is 10.5. The molecule has 1 N–H and O–H groups in total. The quantitative estimate of drug-likeness (QED) is 0.620. The van der Waals surface area contributed by atoms with Crippen LogP contribution in [0.25, 0.3) is 0 Å². The summed E-state index contributed by atoms with van der Waals surface area (Å²) in [6, 6.07) is 8.33. The lowest BCUT2D eigenvalue weighted by atomic mass is 10.0. The van der Waals surface area contributed by atoms with E-state index in [1.165, 1.54) is 12.0 Å². The van der Waals surface area contributed by atoms with Gasteiger partial charge in [-0.25, -0.2) is 4.79 Å². The van der Waals surface area contributed by atoms with Gasteiger partial charge in [-0.3, -0.25) is 0 Å². The van der Waals surface area contributed by atoms with Gasteiger partial charge in [-0.15, -0.1) is 6.58 Å².